The minimum absolute atomic E-state index is 0.224. The second-order valence-electron chi connectivity index (χ2n) is 2.63. The third-order valence-electron chi connectivity index (χ3n) is 1.68. The van der Waals surface area contributed by atoms with Crippen LogP contribution in [0.4, 0.5) is 4.39 Å². The van der Waals surface area contributed by atoms with E-state index in [2.05, 4.69) is 5.32 Å². The molecule has 13 heavy (non-hydrogen) atoms. The van der Waals surface area contributed by atoms with Crippen molar-refractivity contribution in [3.63, 3.8) is 0 Å². The molecule has 4 heteroatoms. The van der Waals surface area contributed by atoms with Gasteiger partial charge in [-0.15, -0.1) is 0 Å². The van der Waals surface area contributed by atoms with Crippen LogP contribution >= 0.6 is 0 Å². The van der Waals surface area contributed by atoms with Crippen molar-refractivity contribution in [3.8, 4) is 0 Å². The fraction of sp³-hybridized carbons (Fsp3) is 0.222. The van der Waals surface area contributed by atoms with Gasteiger partial charge in [0, 0.05) is 19.2 Å². The van der Waals surface area contributed by atoms with Crippen molar-refractivity contribution >= 4 is 5.91 Å². The van der Waals surface area contributed by atoms with Gasteiger partial charge in [-0.3, -0.25) is 4.79 Å². The first-order valence-electron chi connectivity index (χ1n) is 3.89. The van der Waals surface area contributed by atoms with E-state index >= 15 is 0 Å². The third-order valence-corrected chi connectivity index (χ3v) is 1.68. The highest BCUT2D eigenvalue weighted by molar-refractivity contribution is 5.94. The highest BCUT2D eigenvalue weighted by atomic mass is 19.1. The Bertz CT molecular complexity index is 325. The van der Waals surface area contributed by atoms with E-state index in [0.717, 1.165) is 0 Å². The van der Waals surface area contributed by atoms with E-state index in [1.165, 1.54) is 19.2 Å². The fourth-order valence-electron chi connectivity index (χ4n) is 1.04. The lowest BCUT2D eigenvalue weighted by Gasteiger charge is -2.02. The summed E-state index contributed by atoms with van der Waals surface area (Å²) >= 11 is 0. The molecule has 0 bridgehead atoms. The Morgan fingerprint density at radius 2 is 2.23 bits per heavy atom. The van der Waals surface area contributed by atoms with Crippen LogP contribution in [0.15, 0.2) is 18.2 Å². The zero-order chi connectivity index (χ0) is 9.84. The van der Waals surface area contributed by atoms with Gasteiger partial charge in [-0.2, -0.15) is 0 Å². The number of hydrogen-bond donors (Lipinski definition) is 2. The average Bonchev–Trinajstić information content (AvgIpc) is 2.15. The number of nitrogens with one attached hydrogen (secondary N) is 1. The van der Waals surface area contributed by atoms with Crippen molar-refractivity contribution in [1.29, 1.82) is 0 Å². The molecule has 3 nitrogen and oxygen atoms in total. The van der Waals surface area contributed by atoms with Crippen LogP contribution in [0.3, 0.4) is 0 Å². The van der Waals surface area contributed by atoms with Crippen LogP contribution in [-0.4, -0.2) is 13.0 Å². The molecule has 0 aromatic heterocycles. The number of amides is 1. The first-order valence-corrected chi connectivity index (χ1v) is 3.89. The standard InChI is InChI=1S/C9H11FN2O/c1-12-9(13)7-2-6(5-11)3-8(10)4-7/h2-4H,5,11H2,1H3,(H,12,13). The molecule has 0 radical (unpaired) electrons. The lowest BCUT2D eigenvalue weighted by molar-refractivity contribution is 0.0962. The average molecular weight is 182 g/mol. The molecule has 0 heterocycles. The summed E-state index contributed by atoms with van der Waals surface area (Å²) in [6, 6.07) is 4.06. The molecule has 0 atom stereocenters. The number of halogens is 1. The Labute approximate surface area is 75.7 Å². The number of nitrogens with two attached hydrogens (primary N) is 1. The summed E-state index contributed by atoms with van der Waals surface area (Å²) in [5.74, 6) is -0.754. The van der Waals surface area contributed by atoms with Crippen molar-refractivity contribution < 1.29 is 9.18 Å². The van der Waals surface area contributed by atoms with Gasteiger partial charge in [0.25, 0.3) is 5.91 Å². The van der Waals surface area contributed by atoms with Crippen LogP contribution in [0.25, 0.3) is 0 Å². The molecule has 3 N–H and O–H groups in total. The summed E-state index contributed by atoms with van der Waals surface area (Å²) in [5, 5.41) is 2.41. The van der Waals surface area contributed by atoms with Crippen LogP contribution in [0, 0.1) is 5.82 Å². The second-order valence-corrected chi connectivity index (χ2v) is 2.63. The predicted octanol–water partition coefficient (Wildman–Crippen LogP) is 0.644. The summed E-state index contributed by atoms with van der Waals surface area (Å²) in [4.78, 5) is 11.1. The lowest BCUT2D eigenvalue weighted by atomic mass is 10.1. The van der Waals surface area contributed by atoms with E-state index in [1.54, 1.807) is 6.07 Å². The van der Waals surface area contributed by atoms with Crippen molar-refractivity contribution in [2.75, 3.05) is 7.05 Å². The lowest BCUT2D eigenvalue weighted by Crippen LogP contribution is -2.18. The number of carbonyl (C=O) groups excluding carboxylic acids is 1. The van der Waals surface area contributed by atoms with Crippen molar-refractivity contribution in [3.05, 3.63) is 35.1 Å². The van der Waals surface area contributed by atoms with E-state index in [-0.39, 0.29) is 12.5 Å². The van der Waals surface area contributed by atoms with Crippen LogP contribution in [0.5, 0.6) is 0 Å². The second kappa shape index (κ2) is 4.00. The van der Waals surface area contributed by atoms with E-state index in [0.29, 0.717) is 11.1 Å². The Hall–Kier alpha value is -1.42. The molecule has 0 saturated heterocycles. The van der Waals surface area contributed by atoms with Gasteiger partial charge < -0.3 is 11.1 Å². The molecule has 0 spiro atoms. The smallest absolute Gasteiger partial charge is 0.251 e. The maximum Gasteiger partial charge on any atom is 0.251 e. The largest absolute Gasteiger partial charge is 0.355 e. The summed E-state index contributed by atoms with van der Waals surface area (Å²) in [6.45, 7) is 0.224. The van der Waals surface area contributed by atoms with Crippen LogP contribution < -0.4 is 11.1 Å². The van der Waals surface area contributed by atoms with E-state index in [4.69, 9.17) is 5.73 Å². The monoisotopic (exact) mass is 182 g/mol. The van der Waals surface area contributed by atoms with Crippen molar-refractivity contribution in [2.24, 2.45) is 5.73 Å². The molecule has 0 aliphatic heterocycles. The van der Waals surface area contributed by atoms with Crippen LogP contribution in [-0.2, 0) is 6.54 Å². The predicted molar refractivity (Wildman–Crippen MR) is 47.7 cm³/mol. The first-order chi connectivity index (χ1) is 6.17. The summed E-state index contributed by atoms with van der Waals surface area (Å²) < 4.78 is 12.9. The number of hydrogen-bond acceptors (Lipinski definition) is 2. The molecular weight excluding hydrogens is 171 g/mol. The van der Waals surface area contributed by atoms with E-state index in [1.807, 2.05) is 0 Å². The van der Waals surface area contributed by atoms with Gasteiger partial charge in [0.2, 0.25) is 0 Å². The molecule has 1 rings (SSSR count). The van der Waals surface area contributed by atoms with Crippen molar-refractivity contribution in [1.82, 2.24) is 5.32 Å². The zero-order valence-corrected chi connectivity index (χ0v) is 7.30. The Kier molecular flexibility index (Phi) is 2.97. The maximum atomic E-state index is 12.9. The summed E-state index contributed by atoms with van der Waals surface area (Å²) in [7, 11) is 1.50. The molecule has 0 aliphatic rings. The Morgan fingerprint density at radius 1 is 1.54 bits per heavy atom. The quantitative estimate of drug-likeness (QED) is 0.705. The molecule has 0 unspecified atom stereocenters. The number of benzene rings is 1. The highest BCUT2D eigenvalue weighted by Gasteiger charge is 2.05. The first kappa shape index (κ1) is 9.67. The topological polar surface area (TPSA) is 55.1 Å². The molecule has 0 aliphatic carbocycles. The van der Waals surface area contributed by atoms with Crippen LogP contribution in [0.1, 0.15) is 15.9 Å². The van der Waals surface area contributed by atoms with Gasteiger partial charge in [0.05, 0.1) is 0 Å². The van der Waals surface area contributed by atoms with Gasteiger partial charge in [-0.25, -0.2) is 4.39 Å². The third kappa shape index (κ3) is 2.26. The summed E-state index contributed by atoms with van der Waals surface area (Å²) in [6.07, 6.45) is 0. The molecule has 0 fully saturated rings. The molecule has 1 aromatic rings. The van der Waals surface area contributed by atoms with Gasteiger partial charge in [-0.05, 0) is 23.8 Å². The van der Waals surface area contributed by atoms with Gasteiger partial charge in [0.1, 0.15) is 5.82 Å². The van der Waals surface area contributed by atoms with Gasteiger partial charge in [-0.1, -0.05) is 0 Å². The maximum absolute atomic E-state index is 12.9. The van der Waals surface area contributed by atoms with Gasteiger partial charge in [0.15, 0.2) is 0 Å². The molecule has 0 saturated carbocycles. The fourth-order valence-corrected chi connectivity index (χ4v) is 1.04. The highest BCUT2D eigenvalue weighted by Crippen LogP contribution is 2.08. The molecular formula is C9H11FN2O. The minimum atomic E-state index is -0.443. The normalized spacial score (nSPS) is 9.77. The molecule has 1 aromatic carbocycles. The summed E-state index contributed by atoms with van der Waals surface area (Å²) in [5.41, 5.74) is 6.24. The SMILES string of the molecule is CNC(=O)c1cc(F)cc(CN)c1. The Balaban J connectivity index is 3.08. The molecule has 70 valence electrons. The number of rotatable bonds is 2. The van der Waals surface area contributed by atoms with E-state index in [9.17, 15) is 9.18 Å². The number of carbonyl (C=O) groups is 1. The Morgan fingerprint density at radius 3 is 2.77 bits per heavy atom. The van der Waals surface area contributed by atoms with Crippen LogP contribution in [0.2, 0.25) is 0 Å². The minimum Gasteiger partial charge on any atom is -0.355 e. The van der Waals surface area contributed by atoms with Crippen molar-refractivity contribution in [2.45, 2.75) is 6.54 Å². The van der Waals surface area contributed by atoms with E-state index < -0.39 is 5.82 Å². The molecule has 1 amide bonds. The zero-order valence-electron chi connectivity index (χ0n) is 7.30. The van der Waals surface area contributed by atoms with Gasteiger partial charge >= 0.3 is 0 Å².